The molecule has 0 saturated heterocycles. The van der Waals surface area contributed by atoms with E-state index in [9.17, 15) is 0 Å². The lowest BCUT2D eigenvalue weighted by molar-refractivity contribution is 0.930. The Balaban J connectivity index is 2.68. The Labute approximate surface area is 95.3 Å². The van der Waals surface area contributed by atoms with Crippen LogP contribution in [0.25, 0.3) is 15.7 Å². The minimum atomic E-state index is 1.16. The van der Waals surface area contributed by atoms with Crippen molar-refractivity contribution in [2.75, 3.05) is 0 Å². The summed E-state index contributed by atoms with van der Waals surface area (Å²) in [6.07, 6.45) is 2.35. The van der Waals surface area contributed by atoms with Crippen molar-refractivity contribution in [3.63, 3.8) is 0 Å². The van der Waals surface area contributed by atoms with Crippen molar-refractivity contribution in [1.29, 1.82) is 0 Å². The van der Waals surface area contributed by atoms with E-state index in [-0.39, 0.29) is 0 Å². The Bertz CT molecular complexity index is 491. The largest absolute Gasteiger partial charge is 0.135 e. The molecule has 0 amide bonds. The molecule has 0 radical (unpaired) electrons. The number of thiophene rings is 1. The Morgan fingerprint density at radius 1 is 1.33 bits per heavy atom. The molecule has 1 aromatic heterocycles. The molecule has 0 fully saturated rings. The lowest BCUT2D eigenvalue weighted by Gasteiger charge is -2.01. The summed E-state index contributed by atoms with van der Waals surface area (Å²) in [5, 5.41) is 1.42. The lowest BCUT2D eigenvalue weighted by Crippen LogP contribution is -1.85. The molecule has 0 aliphatic heterocycles. The number of hydrogen-bond acceptors (Lipinski definition) is 1. The first-order chi connectivity index (χ1) is 7.24. The van der Waals surface area contributed by atoms with Gasteiger partial charge in [-0.2, -0.15) is 0 Å². The van der Waals surface area contributed by atoms with Gasteiger partial charge < -0.3 is 0 Å². The van der Waals surface area contributed by atoms with Crippen LogP contribution >= 0.6 is 11.3 Å². The van der Waals surface area contributed by atoms with Crippen LogP contribution in [-0.4, -0.2) is 0 Å². The van der Waals surface area contributed by atoms with Crippen molar-refractivity contribution in [2.24, 2.45) is 0 Å². The molecule has 0 N–H and O–H groups in total. The van der Waals surface area contributed by atoms with E-state index in [0.717, 1.165) is 6.42 Å². The summed E-state index contributed by atoms with van der Waals surface area (Å²) in [4.78, 5) is 1.39. The normalized spacial score (nSPS) is 10.8. The summed E-state index contributed by atoms with van der Waals surface area (Å²) in [6.45, 7) is 8.41. The third-order valence-electron chi connectivity index (χ3n) is 2.59. The van der Waals surface area contributed by atoms with Gasteiger partial charge in [-0.1, -0.05) is 38.1 Å². The van der Waals surface area contributed by atoms with Crippen LogP contribution in [0.5, 0.6) is 0 Å². The Hall–Kier alpha value is -1.08. The predicted octanol–water partition coefficient (Wildman–Crippen LogP) is 4.89. The second-order valence-corrected chi connectivity index (χ2v) is 4.99. The number of rotatable bonds is 3. The van der Waals surface area contributed by atoms with Gasteiger partial charge in [0.05, 0.1) is 0 Å². The maximum atomic E-state index is 4.07. The van der Waals surface area contributed by atoms with Gasteiger partial charge in [0.1, 0.15) is 0 Å². The number of hydrogen-bond donors (Lipinski definition) is 0. The molecule has 0 atom stereocenters. The smallest absolute Gasteiger partial charge is 0.0352 e. The molecule has 0 aliphatic carbocycles. The molecule has 2 aromatic rings. The molecular weight excluding hydrogens is 200 g/mol. The zero-order valence-corrected chi connectivity index (χ0v) is 10.2. The van der Waals surface area contributed by atoms with Crippen LogP contribution < -0.4 is 0 Å². The number of allylic oxidation sites excluding steroid dienone is 1. The van der Waals surface area contributed by atoms with Gasteiger partial charge in [-0.25, -0.2) is 0 Å². The van der Waals surface area contributed by atoms with Gasteiger partial charge in [-0.15, -0.1) is 11.3 Å². The maximum absolute atomic E-state index is 4.07. The summed E-state index contributed by atoms with van der Waals surface area (Å²) in [5.74, 6) is 0. The third kappa shape index (κ3) is 1.84. The molecule has 0 unspecified atom stereocenters. The molecule has 2 rings (SSSR count). The Morgan fingerprint density at radius 2 is 2.07 bits per heavy atom. The zero-order valence-electron chi connectivity index (χ0n) is 9.34. The van der Waals surface area contributed by atoms with Gasteiger partial charge in [0.25, 0.3) is 0 Å². The Morgan fingerprint density at radius 3 is 2.73 bits per heavy atom. The summed E-state index contributed by atoms with van der Waals surface area (Å²) < 4.78 is 1.39. The average molecular weight is 216 g/mol. The predicted molar refractivity (Wildman–Crippen MR) is 70.5 cm³/mol. The van der Waals surface area contributed by atoms with E-state index in [4.69, 9.17) is 0 Å². The van der Waals surface area contributed by atoms with E-state index in [1.807, 2.05) is 11.3 Å². The summed E-state index contributed by atoms with van der Waals surface area (Å²) in [5.41, 5.74) is 2.69. The van der Waals surface area contributed by atoms with Crippen LogP contribution in [0.2, 0.25) is 0 Å². The van der Waals surface area contributed by atoms with Gasteiger partial charge in [-0.05, 0) is 35.9 Å². The monoisotopic (exact) mass is 216 g/mol. The first kappa shape index (κ1) is 10.4. The van der Waals surface area contributed by atoms with Crippen LogP contribution in [0.4, 0.5) is 0 Å². The molecule has 1 heteroatoms. The van der Waals surface area contributed by atoms with Gasteiger partial charge >= 0.3 is 0 Å². The molecule has 0 aliphatic rings. The van der Waals surface area contributed by atoms with Crippen LogP contribution in [0, 0.1) is 0 Å². The number of aryl methyl sites for hydroxylation is 1. The molecule has 0 bridgehead atoms. The fraction of sp³-hybridized carbons (Fsp3) is 0.286. The van der Waals surface area contributed by atoms with E-state index < -0.39 is 0 Å². The minimum absolute atomic E-state index is 1.16. The molecule has 78 valence electrons. The average Bonchev–Trinajstić information content (AvgIpc) is 2.58. The fourth-order valence-corrected chi connectivity index (χ4v) is 3.12. The van der Waals surface area contributed by atoms with Crippen molar-refractivity contribution in [3.8, 4) is 0 Å². The van der Waals surface area contributed by atoms with Crippen LogP contribution in [0.3, 0.4) is 0 Å². The van der Waals surface area contributed by atoms with Gasteiger partial charge in [0, 0.05) is 9.58 Å². The van der Waals surface area contributed by atoms with E-state index in [1.165, 1.54) is 32.5 Å². The van der Waals surface area contributed by atoms with Crippen molar-refractivity contribution >= 4 is 27.0 Å². The molecule has 0 saturated carbocycles. The second kappa shape index (κ2) is 4.19. The first-order valence-electron chi connectivity index (χ1n) is 5.40. The fourth-order valence-electron chi connectivity index (χ4n) is 1.94. The second-order valence-electron chi connectivity index (χ2n) is 3.94. The Kier molecular flexibility index (Phi) is 2.92. The van der Waals surface area contributed by atoms with Crippen molar-refractivity contribution in [2.45, 2.75) is 26.7 Å². The SMILES string of the molecule is C=C(C)c1sc2ccccc2c1CCC. The van der Waals surface area contributed by atoms with E-state index in [2.05, 4.69) is 44.7 Å². The zero-order chi connectivity index (χ0) is 10.8. The number of benzene rings is 1. The van der Waals surface area contributed by atoms with Gasteiger partial charge in [-0.3, -0.25) is 0 Å². The summed E-state index contributed by atoms with van der Waals surface area (Å²) >= 11 is 1.87. The molecule has 0 spiro atoms. The quantitative estimate of drug-likeness (QED) is 0.685. The third-order valence-corrected chi connectivity index (χ3v) is 3.96. The van der Waals surface area contributed by atoms with Crippen molar-refractivity contribution in [1.82, 2.24) is 0 Å². The highest BCUT2D eigenvalue weighted by Gasteiger charge is 2.10. The molecular formula is C14H16S. The maximum Gasteiger partial charge on any atom is 0.0352 e. The lowest BCUT2D eigenvalue weighted by atomic mass is 10.0. The van der Waals surface area contributed by atoms with Crippen LogP contribution in [-0.2, 0) is 6.42 Å². The molecule has 15 heavy (non-hydrogen) atoms. The van der Waals surface area contributed by atoms with E-state index >= 15 is 0 Å². The summed E-state index contributed by atoms with van der Waals surface area (Å²) in [6, 6.07) is 8.65. The van der Waals surface area contributed by atoms with Crippen molar-refractivity contribution < 1.29 is 0 Å². The van der Waals surface area contributed by atoms with E-state index in [1.54, 1.807) is 0 Å². The first-order valence-corrected chi connectivity index (χ1v) is 6.22. The highest BCUT2D eigenvalue weighted by Crippen LogP contribution is 2.35. The van der Waals surface area contributed by atoms with Crippen molar-refractivity contribution in [3.05, 3.63) is 41.3 Å². The van der Waals surface area contributed by atoms with Gasteiger partial charge in [0.2, 0.25) is 0 Å². The van der Waals surface area contributed by atoms with Crippen LogP contribution in [0.15, 0.2) is 30.8 Å². The standard InChI is InChI=1S/C14H16S/c1-4-7-12-11-8-5-6-9-13(11)15-14(12)10(2)3/h5-6,8-9H,2,4,7H2,1,3H3. The molecule has 0 nitrogen and oxygen atoms in total. The molecule has 1 aromatic carbocycles. The van der Waals surface area contributed by atoms with Gasteiger partial charge in [0.15, 0.2) is 0 Å². The highest BCUT2D eigenvalue weighted by atomic mass is 32.1. The minimum Gasteiger partial charge on any atom is -0.135 e. The van der Waals surface area contributed by atoms with Crippen LogP contribution in [0.1, 0.15) is 30.7 Å². The highest BCUT2D eigenvalue weighted by molar-refractivity contribution is 7.20. The topological polar surface area (TPSA) is 0 Å². The molecule has 1 heterocycles. The van der Waals surface area contributed by atoms with E-state index in [0.29, 0.717) is 0 Å². The number of fused-ring (bicyclic) bond motifs is 1. The summed E-state index contributed by atoms with van der Waals surface area (Å²) in [7, 11) is 0.